The van der Waals surface area contributed by atoms with Crippen LogP contribution in [0.3, 0.4) is 0 Å². The quantitative estimate of drug-likeness (QED) is 0.422. The Bertz CT molecular complexity index is 1280. The second kappa shape index (κ2) is 13.6. The number of aromatic nitrogens is 1. The standard InChI is InChI=1S/C32H39N3O/c1-5-26(11-9-14-32(36)28-17-19-34-22-28)20-29-21-27(16-15-23(29)2)30(12-6-7-18-33)25(4)31-13-8-10-24(3)35-31/h5-8,10,13,15-16,18,20-21,28,33-34H,2,9,11-12,14,17,19,22H2,1,3-4H3/b7-6+,26-5-,29-20-,30-25-,33-18?. The van der Waals surface area contributed by atoms with Crippen LogP contribution in [0.4, 0.5) is 0 Å². The van der Waals surface area contributed by atoms with E-state index in [0.29, 0.717) is 18.6 Å². The van der Waals surface area contributed by atoms with Gasteiger partial charge in [0.25, 0.3) is 0 Å². The summed E-state index contributed by atoms with van der Waals surface area (Å²) in [7, 11) is 0. The normalized spacial score (nSPS) is 17.5. The van der Waals surface area contributed by atoms with E-state index < -0.39 is 0 Å². The first-order valence-corrected chi connectivity index (χ1v) is 12.9. The van der Waals surface area contributed by atoms with E-state index in [9.17, 15) is 4.79 Å². The molecular weight excluding hydrogens is 442 g/mol. The summed E-state index contributed by atoms with van der Waals surface area (Å²) in [4.78, 5) is 17.2. The van der Waals surface area contributed by atoms with Crippen molar-refractivity contribution >= 4 is 35.8 Å². The molecule has 188 valence electrons. The summed E-state index contributed by atoms with van der Waals surface area (Å²) < 4.78 is 0. The zero-order chi connectivity index (χ0) is 25.9. The molecule has 2 aromatic rings. The molecule has 3 rings (SSSR count). The Morgan fingerprint density at radius 1 is 1.25 bits per heavy atom. The minimum Gasteiger partial charge on any atom is -0.316 e. The molecule has 1 aliphatic rings. The van der Waals surface area contributed by atoms with E-state index >= 15 is 0 Å². The van der Waals surface area contributed by atoms with Gasteiger partial charge in [-0.15, -0.1) is 0 Å². The van der Waals surface area contributed by atoms with Crippen molar-refractivity contribution in [1.82, 2.24) is 10.3 Å². The van der Waals surface area contributed by atoms with Crippen LogP contribution in [0.5, 0.6) is 0 Å². The highest BCUT2D eigenvalue weighted by Crippen LogP contribution is 2.27. The van der Waals surface area contributed by atoms with Gasteiger partial charge in [-0.2, -0.15) is 0 Å². The second-order valence-corrected chi connectivity index (χ2v) is 9.50. The lowest BCUT2D eigenvalue weighted by atomic mass is 9.94. The Morgan fingerprint density at radius 2 is 2.08 bits per heavy atom. The minimum atomic E-state index is 0.198. The third-order valence-electron chi connectivity index (χ3n) is 6.89. The lowest BCUT2D eigenvalue weighted by Gasteiger charge is -2.12. The van der Waals surface area contributed by atoms with Crippen molar-refractivity contribution in [3.05, 3.63) is 87.6 Å². The highest BCUT2D eigenvalue weighted by Gasteiger charge is 2.21. The number of aryl methyl sites for hydroxylation is 1. The number of ketones is 1. The number of carbonyl (C=O) groups excluding carboxylic acids is 1. The van der Waals surface area contributed by atoms with Gasteiger partial charge >= 0.3 is 0 Å². The third-order valence-corrected chi connectivity index (χ3v) is 6.89. The number of nitrogens with one attached hydrogen (secondary N) is 2. The SMILES string of the molecule is C=c1ccc(/C(C/C=C/C=N)=C(/C)c2cccc(C)n2)c/c1=C/C(=C\C)CCCC(=O)C1CCNC1. The van der Waals surface area contributed by atoms with Crippen LogP contribution in [0.15, 0.2) is 60.2 Å². The highest BCUT2D eigenvalue weighted by atomic mass is 16.1. The van der Waals surface area contributed by atoms with Crippen LogP contribution in [-0.4, -0.2) is 30.1 Å². The summed E-state index contributed by atoms with van der Waals surface area (Å²) in [6.07, 6.45) is 13.5. The van der Waals surface area contributed by atoms with Gasteiger partial charge in [0.05, 0.1) is 5.69 Å². The van der Waals surface area contributed by atoms with E-state index in [0.717, 1.165) is 65.3 Å². The number of benzene rings is 1. The number of hydrogen-bond acceptors (Lipinski definition) is 4. The average molecular weight is 482 g/mol. The van der Waals surface area contributed by atoms with E-state index in [1.807, 2.05) is 31.2 Å². The van der Waals surface area contributed by atoms with Crippen molar-refractivity contribution < 1.29 is 4.79 Å². The molecule has 2 N–H and O–H groups in total. The minimum absolute atomic E-state index is 0.198. The fourth-order valence-electron chi connectivity index (χ4n) is 4.66. The van der Waals surface area contributed by atoms with Crippen LogP contribution in [-0.2, 0) is 4.79 Å². The summed E-state index contributed by atoms with van der Waals surface area (Å²) in [6.45, 7) is 12.2. The van der Waals surface area contributed by atoms with Gasteiger partial charge < -0.3 is 10.7 Å². The lowest BCUT2D eigenvalue weighted by Crippen LogP contribution is -2.23. The smallest absolute Gasteiger partial charge is 0.137 e. The maximum atomic E-state index is 12.4. The Balaban J connectivity index is 1.89. The van der Waals surface area contributed by atoms with Crippen LogP contribution >= 0.6 is 0 Å². The molecular formula is C32H39N3O. The Hall–Kier alpha value is -3.37. The summed E-state index contributed by atoms with van der Waals surface area (Å²) in [5.41, 5.74) is 6.61. The molecule has 0 radical (unpaired) electrons. The molecule has 1 saturated heterocycles. The molecule has 2 heterocycles. The molecule has 0 aliphatic carbocycles. The predicted molar refractivity (Wildman–Crippen MR) is 153 cm³/mol. The van der Waals surface area contributed by atoms with Crippen LogP contribution < -0.4 is 15.8 Å². The van der Waals surface area contributed by atoms with E-state index in [1.54, 1.807) is 6.08 Å². The van der Waals surface area contributed by atoms with Gasteiger partial charge in [-0.1, -0.05) is 48.6 Å². The molecule has 1 aliphatic heterocycles. The molecule has 36 heavy (non-hydrogen) atoms. The summed E-state index contributed by atoms with van der Waals surface area (Å²) >= 11 is 0. The first-order valence-electron chi connectivity index (χ1n) is 12.9. The van der Waals surface area contributed by atoms with Crippen molar-refractivity contribution in [2.45, 2.75) is 52.9 Å². The van der Waals surface area contributed by atoms with Crippen LogP contribution in [0, 0.1) is 18.3 Å². The topological polar surface area (TPSA) is 65.8 Å². The number of allylic oxidation sites excluding steroid dienone is 6. The number of Topliss-reactive ketones (excluding diaryl/α,β-unsaturated/α-hetero) is 1. The van der Waals surface area contributed by atoms with Crippen molar-refractivity contribution in [3.63, 3.8) is 0 Å². The summed E-state index contributed by atoms with van der Waals surface area (Å²) in [5.74, 6) is 0.590. The first kappa shape index (κ1) is 27.2. The van der Waals surface area contributed by atoms with Crippen LogP contribution in [0.1, 0.15) is 62.9 Å². The van der Waals surface area contributed by atoms with E-state index in [1.165, 1.54) is 17.4 Å². The van der Waals surface area contributed by atoms with Gasteiger partial charge in [0, 0.05) is 30.8 Å². The van der Waals surface area contributed by atoms with Crippen molar-refractivity contribution in [2.75, 3.05) is 13.1 Å². The molecule has 4 heteroatoms. The number of pyridine rings is 1. The number of carbonyl (C=O) groups is 1. The van der Waals surface area contributed by atoms with Gasteiger partial charge in [-0.25, -0.2) is 0 Å². The first-order chi connectivity index (χ1) is 17.4. The Morgan fingerprint density at radius 3 is 2.78 bits per heavy atom. The van der Waals surface area contributed by atoms with Crippen molar-refractivity contribution in [3.8, 4) is 0 Å². The molecule has 0 amide bonds. The molecule has 1 aromatic heterocycles. The lowest BCUT2D eigenvalue weighted by molar-refractivity contribution is -0.122. The predicted octanol–water partition coefficient (Wildman–Crippen LogP) is 5.40. The van der Waals surface area contributed by atoms with Gasteiger partial charge in [-0.3, -0.25) is 9.78 Å². The fraction of sp³-hybridized carbons (Fsp3) is 0.344. The maximum absolute atomic E-state index is 12.4. The fourth-order valence-corrected chi connectivity index (χ4v) is 4.66. The molecule has 0 bridgehead atoms. The molecule has 1 unspecified atom stereocenters. The van der Waals surface area contributed by atoms with E-state index in [4.69, 9.17) is 10.4 Å². The van der Waals surface area contributed by atoms with Gasteiger partial charge in [0.1, 0.15) is 5.78 Å². The van der Waals surface area contributed by atoms with Crippen LogP contribution in [0.25, 0.3) is 23.8 Å². The third kappa shape index (κ3) is 7.56. The van der Waals surface area contributed by atoms with Gasteiger partial charge in [0.2, 0.25) is 0 Å². The van der Waals surface area contributed by atoms with Gasteiger partial charge in [0.15, 0.2) is 0 Å². The second-order valence-electron chi connectivity index (χ2n) is 9.50. The van der Waals surface area contributed by atoms with Crippen LogP contribution in [0.2, 0.25) is 0 Å². The zero-order valence-electron chi connectivity index (χ0n) is 21.9. The number of hydrogen-bond donors (Lipinski definition) is 2. The monoisotopic (exact) mass is 481 g/mol. The number of nitrogens with zero attached hydrogens (tertiary/aromatic N) is 1. The Kier molecular flexibility index (Phi) is 10.3. The van der Waals surface area contributed by atoms with E-state index in [2.05, 4.69) is 56.1 Å². The molecule has 1 fully saturated rings. The maximum Gasteiger partial charge on any atom is 0.137 e. The largest absolute Gasteiger partial charge is 0.316 e. The average Bonchev–Trinajstić information content (AvgIpc) is 3.42. The van der Waals surface area contributed by atoms with Gasteiger partial charge in [-0.05, 0) is 104 Å². The van der Waals surface area contributed by atoms with Crippen molar-refractivity contribution in [1.29, 1.82) is 5.41 Å². The molecule has 1 atom stereocenters. The Labute approximate surface area is 215 Å². The molecule has 4 nitrogen and oxygen atoms in total. The van der Waals surface area contributed by atoms with Crippen molar-refractivity contribution in [2.24, 2.45) is 5.92 Å². The zero-order valence-corrected chi connectivity index (χ0v) is 21.9. The molecule has 0 saturated carbocycles. The summed E-state index contributed by atoms with van der Waals surface area (Å²) in [5, 5.41) is 12.7. The number of rotatable bonds is 11. The highest BCUT2D eigenvalue weighted by molar-refractivity contribution is 5.89. The molecule has 1 aromatic carbocycles. The van der Waals surface area contributed by atoms with E-state index in [-0.39, 0.29) is 5.92 Å². The summed E-state index contributed by atoms with van der Waals surface area (Å²) in [6, 6.07) is 12.5. The molecule has 0 spiro atoms.